The van der Waals surface area contributed by atoms with Crippen LogP contribution in [0, 0.1) is 0 Å². The van der Waals surface area contributed by atoms with Crippen molar-refractivity contribution in [2.75, 3.05) is 19.7 Å². The quantitative estimate of drug-likeness (QED) is 0.725. The molecular formula is C22H31N3O. The van der Waals surface area contributed by atoms with E-state index in [1.807, 2.05) is 12.3 Å². The summed E-state index contributed by atoms with van der Waals surface area (Å²) in [4.78, 5) is 4.21. The second-order valence-electron chi connectivity index (χ2n) is 7.44. The van der Waals surface area contributed by atoms with Gasteiger partial charge in [0.25, 0.3) is 0 Å². The Morgan fingerprint density at radius 1 is 1.19 bits per heavy atom. The number of nitrogens with zero attached hydrogens (tertiary/aromatic N) is 1. The highest BCUT2D eigenvalue weighted by Gasteiger charge is 2.35. The van der Waals surface area contributed by atoms with Gasteiger partial charge in [-0.05, 0) is 36.5 Å². The van der Waals surface area contributed by atoms with Gasteiger partial charge < -0.3 is 15.8 Å². The van der Waals surface area contributed by atoms with Crippen LogP contribution in [0.4, 0.5) is 0 Å². The van der Waals surface area contributed by atoms with E-state index in [0.717, 1.165) is 25.3 Å². The van der Waals surface area contributed by atoms with E-state index in [1.54, 1.807) is 6.20 Å². The van der Waals surface area contributed by atoms with Crippen molar-refractivity contribution >= 4 is 0 Å². The smallest absolute Gasteiger partial charge is 0.137 e. The van der Waals surface area contributed by atoms with Crippen molar-refractivity contribution in [1.29, 1.82) is 0 Å². The third kappa shape index (κ3) is 4.83. The van der Waals surface area contributed by atoms with Crippen LogP contribution in [0.2, 0.25) is 0 Å². The minimum absolute atomic E-state index is 0.0329. The third-order valence-corrected chi connectivity index (χ3v) is 5.46. The Bertz CT molecular complexity index is 668. The molecule has 4 nitrogen and oxygen atoms in total. The number of hydrogen-bond acceptors (Lipinski definition) is 4. The zero-order valence-electron chi connectivity index (χ0n) is 15.8. The fraction of sp³-hybridized carbons (Fsp3) is 0.500. The Hall–Kier alpha value is -1.91. The van der Waals surface area contributed by atoms with E-state index < -0.39 is 0 Å². The van der Waals surface area contributed by atoms with Gasteiger partial charge >= 0.3 is 0 Å². The molecule has 2 aromatic rings. The molecule has 140 valence electrons. The molecule has 1 saturated carbocycles. The van der Waals surface area contributed by atoms with Crippen molar-refractivity contribution in [3.8, 4) is 5.75 Å². The number of hydrogen-bond donors (Lipinski definition) is 2. The van der Waals surface area contributed by atoms with Crippen LogP contribution in [0.1, 0.15) is 43.7 Å². The van der Waals surface area contributed by atoms with Gasteiger partial charge in [0, 0.05) is 24.7 Å². The van der Waals surface area contributed by atoms with Crippen molar-refractivity contribution in [3.05, 3.63) is 59.9 Å². The molecule has 1 aliphatic rings. The minimum atomic E-state index is -0.0329. The number of benzene rings is 1. The maximum Gasteiger partial charge on any atom is 0.137 e. The second kappa shape index (κ2) is 9.15. The largest absolute Gasteiger partial charge is 0.490 e. The molecule has 0 saturated heterocycles. The van der Waals surface area contributed by atoms with E-state index in [-0.39, 0.29) is 11.5 Å². The summed E-state index contributed by atoms with van der Waals surface area (Å²) in [5, 5.41) is 3.60. The molecule has 26 heavy (non-hydrogen) atoms. The van der Waals surface area contributed by atoms with Gasteiger partial charge in [0.1, 0.15) is 12.4 Å². The first kappa shape index (κ1) is 18.9. The van der Waals surface area contributed by atoms with Crippen molar-refractivity contribution in [2.45, 2.75) is 50.5 Å². The van der Waals surface area contributed by atoms with Gasteiger partial charge in [0.2, 0.25) is 0 Å². The zero-order chi connectivity index (χ0) is 18.2. The van der Waals surface area contributed by atoms with Crippen LogP contribution in [-0.2, 0) is 11.8 Å². The van der Waals surface area contributed by atoms with E-state index in [0.29, 0.717) is 6.61 Å². The molecule has 3 rings (SSSR count). The molecule has 0 bridgehead atoms. The van der Waals surface area contributed by atoms with Crippen LogP contribution in [0.3, 0.4) is 0 Å². The molecule has 3 N–H and O–H groups in total. The molecule has 1 heterocycles. The maximum atomic E-state index is 6.25. The summed E-state index contributed by atoms with van der Waals surface area (Å²) < 4.78 is 5.82. The van der Waals surface area contributed by atoms with Gasteiger partial charge in [-0.3, -0.25) is 4.98 Å². The number of ether oxygens (including phenoxy) is 1. The first-order chi connectivity index (χ1) is 12.7. The van der Waals surface area contributed by atoms with Crippen molar-refractivity contribution in [2.24, 2.45) is 5.73 Å². The van der Waals surface area contributed by atoms with E-state index in [1.165, 1.54) is 36.8 Å². The summed E-state index contributed by atoms with van der Waals surface area (Å²) in [6, 6.07) is 12.9. The van der Waals surface area contributed by atoms with Crippen LogP contribution in [0.25, 0.3) is 0 Å². The van der Waals surface area contributed by atoms with E-state index in [9.17, 15) is 0 Å². The molecule has 1 atom stereocenters. The van der Waals surface area contributed by atoms with Gasteiger partial charge in [-0.2, -0.15) is 0 Å². The summed E-state index contributed by atoms with van der Waals surface area (Å²) in [6.07, 6.45) is 9.72. The molecule has 1 aromatic heterocycles. The summed E-state index contributed by atoms with van der Waals surface area (Å²) >= 11 is 0. The minimum Gasteiger partial charge on any atom is -0.490 e. The Morgan fingerprint density at radius 2 is 1.96 bits per heavy atom. The lowest BCUT2D eigenvalue weighted by molar-refractivity contribution is 0.278. The van der Waals surface area contributed by atoms with Gasteiger partial charge in [0.15, 0.2) is 0 Å². The lowest BCUT2D eigenvalue weighted by Crippen LogP contribution is -2.43. The molecule has 1 aromatic carbocycles. The van der Waals surface area contributed by atoms with Gasteiger partial charge in [-0.15, -0.1) is 0 Å². The Balaban J connectivity index is 1.47. The van der Waals surface area contributed by atoms with Gasteiger partial charge in [-0.25, -0.2) is 0 Å². The topological polar surface area (TPSA) is 60.2 Å². The molecular weight excluding hydrogens is 322 g/mol. The Morgan fingerprint density at radius 3 is 2.69 bits per heavy atom. The number of aryl methyl sites for hydroxylation is 1. The van der Waals surface area contributed by atoms with Crippen LogP contribution >= 0.6 is 0 Å². The first-order valence-electron chi connectivity index (χ1n) is 9.80. The molecule has 0 amide bonds. The molecule has 0 aliphatic heterocycles. The van der Waals surface area contributed by atoms with Crippen LogP contribution in [0.15, 0.2) is 48.8 Å². The Kier molecular flexibility index (Phi) is 6.64. The predicted molar refractivity (Wildman–Crippen MR) is 107 cm³/mol. The summed E-state index contributed by atoms with van der Waals surface area (Å²) in [5.74, 6) is 0.802. The summed E-state index contributed by atoms with van der Waals surface area (Å²) in [7, 11) is 0. The molecule has 0 spiro atoms. The van der Waals surface area contributed by atoms with Crippen molar-refractivity contribution in [1.82, 2.24) is 10.3 Å². The summed E-state index contributed by atoms with van der Waals surface area (Å²) in [6.45, 7) is 4.36. The monoisotopic (exact) mass is 353 g/mol. The average Bonchev–Trinajstić information content (AvgIpc) is 3.17. The highest BCUT2D eigenvalue weighted by atomic mass is 16.5. The van der Waals surface area contributed by atoms with E-state index in [2.05, 4.69) is 47.6 Å². The summed E-state index contributed by atoms with van der Waals surface area (Å²) in [5.41, 5.74) is 9.15. The first-order valence-corrected chi connectivity index (χ1v) is 9.80. The van der Waals surface area contributed by atoms with Gasteiger partial charge in [0.05, 0.1) is 12.2 Å². The van der Waals surface area contributed by atoms with Crippen LogP contribution < -0.4 is 15.8 Å². The highest BCUT2D eigenvalue weighted by Crippen LogP contribution is 2.40. The van der Waals surface area contributed by atoms with E-state index in [4.69, 9.17) is 10.5 Å². The normalized spacial score (nSPS) is 17.2. The van der Waals surface area contributed by atoms with Gasteiger partial charge in [-0.1, -0.05) is 50.1 Å². The molecule has 1 aliphatic carbocycles. The highest BCUT2D eigenvalue weighted by molar-refractivity contribution is 5.27. The standard InChI is InChI=1S/C22H31N3O/c1-2-18-12-21(15-24-13-18)26-16-20(23)14-25-17-22(10-6-7-11-22)19-8-4-3-5-9-19/h3-5,8-9,12-13,15,20,25H,2,6-7,10-11,14,16-17,23H2,1H3/t20-/m0/s1. The molecule has 0 radical (unpaired) electrons. The molecule has 4 heteroatoms. The SMILES string of the molecule is CCc1cncc(OC[C@@H](N)CNCC2(c3ccccc3)CCCC2)c1. The average molecular weight is 354 g/mol. The lowest BCUT2D eigenvalue weighted by atomic mass is 9.79. The zero-order valence-corrected chi connectivity index (χ0v) is 15.8. The van der Waals surface area contributed by atoms with Crippen LogP contribution in [0.5, 0.6) is 5.75 Å². The number of nitrogens with two attached hydrogens (primary N) is 1. The second-order valence-corrected chi connectivity index (χ2v) is 7.44. The maximum absolute atomic E-state index is 6.25. The fourth-order valence-corrected chi connectivity index (χ4v) is 3.91. The number of pyridine rings is 1. The lowest BCUT2D eigenvalue weighted by Gasteiger charge is -2.30. The number of aromatic nitrogens is 1. The molecule has 1 fully saturated rings. The number of nitrogens with one attached hydrogen (secondary N) is 1. The third-order valence-electron chi connectivity index (χ3n) is 5.46. The Labute approximate surface area is 157 Å². The number of rotatable bonds is 9. The van der Waals surface area contributed by atoms with Crippen LogP contribution in [-0.4, -0.2) is 30.7 Å². The van der Waals surface area contributed by atoms with E-state index >= 15 is 0 Å². The van der Waals surface area contributed by atoms with Crippen molar-refractivity contribution in [3.63, 3.8) is 0 Å². The fourth-order valence-electron chi connectivity index (χ4n) is 3.91. The van der Waals surface area contributed by atoms with Crippen molar-refractivity contribution < 1.29 is 4.74 Å². The predicted octanol–water partition coefficient (Wildman–Crippen LogP) is 3.45. The molecule has 0 unspecified atom stereocenters.